The van der Waals surface area contributed by atoms with Crippen molar-refractivity contribution in [1.29, 1.82) is 0 Å². The quantitative estimate of drug-likeness (QED) is 0.491. The van der Waals surface area contributed by atoms with E-state index in [4.69, 9.17) is 0 Å². The van der Waals surface area contributed by atoms with Gasteiger partial charge in [-0.1, -0.05) is 12.2 Å². The maximum atomic E-state index is 3.28. The molecule has 2 heterocycles. The van der Waals surface area contributed by atoms with E-state index >= 15 is 0 Å². The van der Waals surface area contributed by atoms with Crippen LogP contribution in [0.3, 0.4) is 0 Å². The van der Waals surface area contributed by atoms with Crippen LogP contribution in [0.5, 0.6) is 0 Å². The van der Waals surface area contributed by atoms with Crippen molar-refractivity contribution in [2.24, 2.45) is 0 Å². The van der Waals surface area contributed by atoms with E-state index in [2.05, 4.69) is 23.5 Å². The van der Waals surface area contributed by atoms with Gasteiger partial charge in [0.05, 0.1) is 6.04 Å². The molecule has 2 aliphatic heterocycles. The van der Waals surface area contributed by atoms with Crippen LogP contribution >= 0.6 is 0 Å². The van der Waals surface area contributed by atoms with Crippen molar-refractivity contribution < 1.29 is 0 Å². The van der Waals surface area contributed by atoms with Crippen molar-refractivity contribution in [3.63, 3.8) is 0 Å². The second-order valence-corrected chi connectivity index (χ2v) is 2.20. The first-order chi connectivity index (χ1) is 3.95. The lowest BCUT2D eigenvalue weighted by atomic mass is 10.2. The average molecular weight is 106 g/mol. The molecule has 0 aromatic rings. The molecule has 1 heteroatoms. The molecule has 2 aliphatic rings. The maximum absolute atomic E-state index is 3.28. The Labute approximate surface area is 49.1 Å². The molecule has 1 fully saturated rings. The zero-order valence-electron chi connectivity index (χ0n) is 4.65. The lowest BCUT2D eigenvalue weighted by Gasteiger charge is -2.06. The lowest BCUT2D eigenvalue weighted by Crippen LogP contribution is -2.10. The Morgan fingerprint density at radius 1 is 1.38 bits per heavy atom. The molecule has 1 radical (unpaired) electrons. The van der Waals surface area contributed by atoms with E-state index in [0.717, 1.165) is 0 Å². The summed E-state index contributed by atoms with van der Waals surface area (Å²) in [6, 6.07) is 1.38. The molecule has 0 aromatic heterocycles. The molecule has 8 heavy (non-hydrogen) atoms. The van der Waals surface area contributed by atoms with Crippen LogP contribution in [0, 0.1) is 6.04 Å². The van der Waals surface area contributed by atoms with Gasteiger partial charge in [-0.2, -0.15) is 0 Å². The SMILES string of the molecule is C1=C[C]2CCC(=C1)N2. The smallest absolute Gasteiger partial charge is 0.0826 e. The van der Waals surface area contributed by atoms with Gasteiger partial charge in [-0.25, -0.2) is 0 Å². The van der Waals surface area contributed by atoms with E-state index in [1.807, 2.05) is 0 Å². The molecule has 41 valence electrons. The van der Waals surface area contributed by atoms with Crippen LogP contribution in [0.1, 0.15) is 12.8 Å². The van der Waals surface area contributed by atoms with Crippen molar-refractivity contribution in [3.05, 3.63) is 30.0 Å². The molecular weight excluding hydrogens is 98.1 g/mol. The van der Waals surface area contributed by atoms with Gasteiger partial charge in [0.2, 0.25) is 0 Å². The first-order valence-electron chi connectivity index (χ1n) is 2.95. The Kier molecular flexibility index (Phi) is 0.720. The van der Waals surface area contributed by atoms with E-state index in [-0.39, 0.29) is 0 Å². The topological polar surface area (TPSA) is 12.0 Å². The number of hydrogen-bond acceptors (Lipinski definition) is 1. The minimum absolute atomic E-state index is 1.21. The van der Waals surface area contributed by atoms with Crippen molar-refractivity contribution in [1.82, 2.24) is 5.32 Å². The standard InChI is InChI=1S/C7H8N/c1-2-6-4-5-7(3-1)8-6/h1-3,8H,4-5H2. The second kappa shape index (κ2) is 1.38. The molecule has 2 rings (SSSR count). The van der Waals surface area contributed by atoms with Gasteiger partial charge in [0.15, 0.2) is 0 Å². The zero-order valence-corrected chi connectivity index (χ0v) is 4.65. The Morgan fingerprint density at radius 2 is 2.38 bits per heavy atom. The molecule has 1 saturated heterocycles. The van der Waals surface area contributed by atoms with Crippen molar-refractivity contribution in [3.8, 4) is 0 Å². The van der Waals surface area contributed by atoms with Crippen molar-refractivity contribution >= 4 is 0 Å². The van der Waals surface area contributed by atoms with Crippen LogP contribution in [0.2, 0.25) is 0 Å². The van der Waals surface area contributed by atoms with Gasteiger partial charge in [0.25, 0.3) is 0 Å². The molecule has 2 bridgehead atoms. The van der Waals surface area contributed by atoms with Crippen LogP contribution in [-0.2, 0) is 0 Å². The molecule has 1 nitrogen and oxygen atoms in total. The molecule has 0 saturated carbocycles. The number of allylic oxidation sites excluding steroid dienone is 3. The maximum Gasteiger partial charge on any atom is 0.0826 e. The Morgan fingerprint density at radius 3 is 3.12 bits per heavy atom. The minimum atomic E-state index is 1.21. The largest absolute Gasteiger partial charge is 0.377 e. The van der Waals surface area contributed by atoms with E-state index in [1.165, 1.54) is 24.6 Å². The third-order valence-electron chi connectivity index (χ3n) is 1.58. The molecule has 0 atom stereocenters. The normalized spacial score (nSPS) is 25.2. The average Bonchev–Trinajstić information content (AvgIpc) is 2.12. The van der Waals surface area contributed by atoms with E-state index < -0.39 is 0 Å². The molecule has 0 aliphatic carbocycles. The first kappa shape index (κ1) is 4.19. The van der Waals surface area contributed by atoms with Gasteiger partial charge >= 0.3 is 0 Å². The van der Waals surface area contributed by atoms with Gasteiger partial charge in [-0.3, -0.25) is 0 Å². The van der Waals surface area contributed by atoms with Gasteiger partial charge in [-0.05, 0) is 18.9 Å². The minimum Gasteiger partial charge on any atom is -0.377 e. The highest BCUT2D eigenvalue weighted by atomic mass is 15.0. The Bertz CT molecular complexity index is 156. The monoisotopic (exact) mass is 106 g/mol. The van der Waals surface area contributed by atoms with Crippen LogP contribution in [0.15, 0.2) is 23.9 Å². The highest BCUT2D eigenvalue weighted by molar-refractivity contribution is 5.31. The van der Waals surface area contributed by atoms with Gasteiger partial charge in [0.1, 0.15) is 0 Å². The van der Waals surface area contributed by atoms with Gasteiger partial charge in [-0.15, -0.1) is 0 Å². The summed E-state index contributed by atoms with van der Waals surface area (Å²) >= 11 is 0. The van der Waals surface area contributed by atoms with Gasteiger partial charge < -0.3 is 5.32 Å². The summed E-state index contributed by atoms with van der Waals surface area (Å²) < 4.78 is 0. The molecule has 0 amide bonds. The number of rotatable bonds is 0. The fourth-order valence-electron chi connectivity index (χ4n) is 1.13. The van der Waals surface area contributed by atoms with Crippen LogP contribution in [-0.4, -0.2) is 0 Å². The van der Waals surface area contributed by atoms with E-state index in [1.54, 1.807) is 0 Å². The van der Waals surface area contributed by atoms with Crippen molar-refractivity contribution in [2.45, 2.75) is 12.8 Å². The summed E-state index contributed by atoms with van der Waals surface area (Å²) in [5, 5.41) is 3.28. The Balaban J connectivity index is 2.34. The first-order valence-corrected chi connectivity index (χ1v) is 2.95. The summed E-state index contributed by atoms with van der Waals surface area (Å²) in [4.78, 5) is 0. The molecule has 1 N–H and O–H groups in total. The predicted molar refractivity (Wildman–Crippen MR) is 32.8 cm³/mol. The number of nitrogens with one attached hydrogen (secondary N) is 1. The number of dihydropyridines is 1. The summed E-state index contributed by atoms with van der Waals surface area (Å²) in [5.74, 6) is 0. The number of hydrogen-bond donors (Lipinski definition) is 1. The highest BCUT2D eigenvalue weighted by Gasteiger charge is 2.17. The fraction of sp³-hybridized carbons (Fsp3) is 0.286. The van der Waals surface area contributed by atoms with Crippen LogP contribution < -0.4 is 5.32 Å². The predicted octanol–water partition coefficient (Wildman–Crippen LogP) is 1.36. The van der Waals surface area contributed by atoms with Crippen LogP contribution in [0.25, 0.3) is 0 Å². The van der Waals surface area contributed by atoms with Crippen molar-refractivity contribution in [2.75, 3.05) is 0 Å². The van der Waals surface area contributed by atoms with E-state index in [9.17, 15) is 0 Å². The highest BCUT2D eigenvalue weighted by Crippen LogP contribution is 2.24. The summed E-state index contributed by atoms with van der Waals surface area (Å²) in [6.07, 6.45) is 8.80. The molecular formula is C7H8N. The molecule has 0 aromatic carbocycles. The lowest BCUT2D eigenvalue weighted by molar-refractivity contribution is 0.919. The molecule has 0 spiro atoms. The third-order valence-corrected chi connectivity index (χ3v) is 1.58. The summed E-state index contributed by atoms with van der Waals surface area (Å²) in [5.41, 5.74) is 1.38. The Hall–Kier alpha value is -0.720. The third kappa shape index (κ3) is 0.474. The van der Waals surface area contributed by atoms with Crippen LogP contribution in [0.4, 0.5) is 0 Å². The van der Waals surface area contributed by atoms with Gasteiger partial charge in [0, 0.05) is 5.70 Å². The second-order valence-electron chi connectivity index (χ2n) is 2.20. The zero-order chi connectivity index (χ0) is 5.40. The fourth-order valence-corrected chi connectivity index (χ4v) is 1.13. The van der Waals surface area contributed by atoms with E-state index in [0.29, 0.717) is 0 Å². The summed E-state index contributed by atoms with van der Waals surface area (Å²) in [6.45, 7) is 0. The molecule has 0 unspecified atom stereocenters. The number of fused-ring (bicyclic) bond motifs is 2. The summed E-state index contributed by atoms with van der Waals surface area (Å²) in [7, 11) is 0.